The van der Waals surface area contributed by atoms with E-state index in [1.165, 1.54) is 0 Å². The van der Waals surface area contributed by atoms with Gasteiger partial charge in [0.15, 0.2) is 0 Å². The van der Waals surface area contributed by atoms with Crippen molar-refractivity contribution in [3.63, 3.8) is 0 Å². The molecule has 0 aliphatic heterocycles. The third-order valence-electron chi connectivity index (χ3n) is 1.82. The highest BCUT2D eigenvalue weighted by atomic mass is 14.6. The van der Waals surface area contributed by atoms with Crippen molar-refractivity contribution in [2.45, 2.75) is 27.2 Å². The maximum Gasteiger partial charge on any atom is 0.0727 e. The van der Waals surface area contributed by atoms with Gasteiger partial charge in [-0.05, 0) is 23.3 Å². The van der Waals surface area contributed by atoms with E-state index in [9.17, 15) is 0 Å². The Morgan fingerprint density at radius 3 is 2.57 bits per heavy atom. The molecule has 1 aromatic rings. The number of nitrogens with zero attached hydrogens (tertiary/aromatic N) is 1. The Morgan fingerprint density at radius 1 is 1.50 bits per heavy atom. The fourth-order valence-electron chi connectivity index (χ4n) is 1.14. The number of hydrogen-bond donors (Lipinski definition) is 0. The lowest BCUT2D eigenvalue weighted by Crippen LogP contribution is -2.28. The van der Waals surface area contributed by atoms with Gasteiger partial charge in [0, 0.05) is 6.20 Å². The number of rotatable bonds is 2. The molecule has 0 aliphatic carbocycles. The average Bonchev–Trinajstić information content (AvgIpc) is 2.25. The van der Waals surface area contributed by atoms with Crippen LogP contribution in [0.2, 0.25) is 0 Å². The van der Waals surface area contributed by atoms with E-state index in [1.807, 2.05) is 32.1 Å². The highest BCUT2D eigenvalue weighted by Crippen LogP contribution is 1.96. The van der Waals surface area contributed by atoms with Gasteiger partial charge in [-0.1, -0.05) is 46.1 Å². The Morgan fingerprint density at radius 2 is 2.14 bits per heavy atom. The van der Waals surface area contributed by atoms with Crippen LogP contribution in [0.3, 0.4) is 0 Å². The van der Waals surface area contributed by atoms with E-state index in [4.69, 9.17) is 0 Å². The third-order valence-corrected chi connectivity index (χ3v) is 1.82. The van der Waals surface area contributed by atoms with Gasteiger partial charge in [0.25, 0.3) is 0 Å². The van der Waals surface area contributed by atoms with Crippen molar-refractivity contribution >= 4 is 12.2 Å². The molecule has 1 rings (SSSR count). The van der Waals surface area contributed by atoms with Crippen LogP contribution in [-0.4, -0.2) is 4.98 Å². The van der Waals surface area contributed by atoms with Crippen molar-refractivity contribution in [2.75, 3.05) is 0 Å². The second-order valence-corrected chi connectivity index (χ2v) is 2.59. The molecule has 0 amide bonds. The minimum absolute atomic E-state index is 0.947. The molecule has 0 radical (unpaired) electrons. The van der Waals surface area contributed by atoms with Gasteiger partial charge in [0.05, 0.1) is 5.35 Å². The molecule has 0 N–H and O–H groups in total. The Bertz CT molecular complexity index is 376. The lowest BCUT2D eigenvalue weighted by atomic mass is 10.1. The zero-order valence-electron chi connectivity index (χ0n) is 9.38. The molecule has 14 heavy (non-hydrogen) atoms. The van der Waals surface area contributed by atoms with E-state index in [1.54, 1.807) is 6.20 Å². The van der Waals surface area contributed by atoms with Gasteiger partial charge >= 0.3 is 0 Å². The molecule has 0 unspecified atom stereocenters. The van der Waals surface area contributed by atoms with Crippen LogP contribution in [0.25, 0.3) is 12.2 Å². The van der Waals surface area contributed by atoms with Crippen molar-refractivity contribution < 1.29 is 0 Å². The molecule has 1 nitrogen and oxygen atoms in total. The van der Waals surface area contributed by atoms with E-state index in [0.29, 0.717) is 0 Å². The Labute approximate surface area is 86.5 Å². The van der Waals surface area contributed by atoms with Crippen LogP contribution >= 0.6 is 0 Å². The smallest absolute Gasteiger partial charge is 0.0727 e. The van der Waals surface area contributed by atoms with Crippen molar-refractivity contribution in [1.29, 1.82) is 0 Å². The highest BCUT2D eigenvalue weighted by Gasteiger charge is 1.90. The largest absolute Gasteiger partial charge is 0.256 e. The second kappa shape index (κ2) is 7.07. The van der Waals surface area contributed by atoms with E-state index >= 15 is 0 Å². The van der Waals surface area contributed by atoms with Crippen LogP contribution in [0, 0.1) is 0 Å². The minimum atomic E-state index is 0.947. The van der Waals surface area contributed by atoms with Gasteiger partial charge in [0.1, 0.15) is 0 Å². The summed E-state index contributed by atoms with van der Waals surface area (Å²) in [5.41, 5.74) is 1.15. The molecule has 0 saturated carbocycles. The lowest BCUT2D eigenvalue weighted by Gasteiger charge is -1.95. The monoisotopic (exact) mass is 189 g/mol. The summed E-state index contributed by atoms with van der Waals surface area (Å²) in [5.74, 6) is 0. The van der Waals surface area contributed by atoms with Crippen molar-refractivity contribution in [1.82, 2.24) is 4.98 Å². The van der Waals surface area contributed by atoms with Crippen LogP contribution in [0.1, 0.15) is 27.2 Å². The summed E-state index contributed by atoms with van der Waals surface area (Å²) in [6.07, 6.45) is 4.57. The summed E-state index contributed by atoms with van der Waals surface area (Å²) in [7, 11) is 0. The average molecular weight is 189 g/mol. The molecule has 76 valence electrons. The number of pyridine rings is 1. The standard InChI is InChI=1S/C11H13N.C2H6/c1-4-10(5-2)11-9(3)7-6-8-12-11;1-2/h4,6-8H,1,3,5H2,2H3;1-2H3/b11-10-;. The maximum absolute atomic E-state index is 4.25. The molecule has 0 aliphatic rings. The van der Waals surface area contributed by atoms with Crippen LogP contribution in [0.15, 0.2) is 31.0 Å². The summed E-state index contributed by atoms with van der Waals surface area (Å²) in [6, 6.07) is 3.85. The third kappa shape index (κ3) is 3.17. The fraction of sp³-hybridized carbons (Fsp3) is 0.308. The summed E-state index contributed by atoms with van der Waals surface area (Å²) in [5, 5.41) is 1.93. The molecular weight excluding hydrogens is 170 g/mol. The van der Waals surface area contributed by atoms with E-state index < -0.39 is 0 Å². The molecule has 0 aromatic carbocycles. The maximum atomic E-state index is 4.25. The summed E-state index contributed by atoms with van der Waals surface area (Å²) >= 11 is 0. The number of hydrogen-bond acceptors (Lipinski definition) is 1. The van der Waals surface area contributed by atoms with Gasteiger partial charge in [-0.2, -0.15) is 0 Å². The van der Waals surface area contributed by atoms with Gasteiger partial charge < -0.3 is 0 Å². The first-order chi connectivity index (χ1) is 6.79. The first-order valence-electron chi connectivity index (χ1n) is 5.05. The van der Waals surface area contributed by atoms with E-state index in [-0.39, 0.29) is 0 Å². The SMILES string of the molecule is C=C/C(CC)=c1/ncccc1=C.CC. The first kappa shape index (κ1) is 12.6. The van der Waals surface area contributed by atoms with Gasteiger partial charge in [-0.15, -0.1) is 0 Å². The van der Waals surface area contributed by atoms with Crippen LogP contribution in [-0.2, 0) is 0 Å². The van der Waals surface area contributed by atoms with Crippen LogP contribution < -0.4 is 10.6 Å². The molecule has 0 spiro atoms. The number of aromatic nitrogens is 1. The van der Waals surface area contributed by atoms with Gasteiger partial charge in [0.2, 0.25) is 0 Å². The molecule has 0 bridgehead atoms. The molecule has 0 saturated heterocycles. The fourth-order valence-corrected chi connectivity index (χ4v) is 1.14. The normalized spacial score (nSPS) is 11.1. The molecule has 1 heterocycles. The topological polar surface area (TPSA) is 12.9 Å². The molecule has 1 heteroatoms. The van der Waals surface area contributed by atoms with Crippen molar-refractivity contribution in [3.8, 4) is 0 Å². The van der Waals surface area contributed by atoms with Gasteiger partial charge in [-0.3, -0.25) is 4.98 Å². The van der Waals surface area contributed by atoms with Crippen LogP contribution in [0.5, 0.6) is 0 Å². The first-order valence-corrected chi connectivity index (χ1v) is 5.05. The summed E-state index contributed by atoms with van der Waals surface area (Å²) in [4.78, 5) is 4.25. The molecule has 1 aromatic heterocycles. The Balaban J connectivity index is 0.000000791. The Hall–Kier alpha value is -1.37. The summed E-state index contributed by atoms with van der Waals surface area (Å²) in [6.45, 7) is 13.7. The van der Waals surface area contributed by atoms with Crippen molar-refractivity contribution in [2.24, 2.45) is 0 Å². The number of allylic oxidation sites excluding steroid dienone is 1. The summed E-state index contributed by atoms with van der Waals surface area (Å²) < 4.78 is 0. The van der Waals surface area contributed by atoms with Crippen LogP contribution in [0.4, 0.5) is 0 Å². The highest BCUT2D eigenvalue weighted by molar-refractivity contribution is 5.53. The molecule has 0 fully saturated rings. The van der Waals surface area contributed by atoms with E-state index in [0.717, 1.165) is 22.6 Å². The minimum Gasteiger partial charge on any atom is -0.256 e. The zero-order valence-corrected chi connectivity index (χ0v) is 9.38. The Kier molecular flexibility index (Phi) is 6.38. The van der Waals surface area contributed by atoms with E-state index in [2.05, 4.69) is 25.1 Å². The van der Waals surface area contributed by atoms with Crippen molar-refractivity contribution in [3.05, 3.63) is 41.6 Å². The zero-order chi connectivity index (χ0) is 11.0. The predicted molar refractivity (Wildman–Crippen MR) is 64.3 cm³/mol. The predicted octanol–water partition coefficient (Wildman–Crippen LogP) is 2.26. The second-order valence-electron chi connectivity index (χ2n) is 2.59. The quantitative estimate of drug-likeness (QED) is 0.695. The molecular formula is C13H19N. The molecule has 0 atom stereocenters. The van der Waals surface area contributed by atoms with Gasteiger partial charge in [-0.25, -0.2) is 0 Å². The lowest BCUT2D eigenvalue weighted by molar-refractivity contribution is 1.15.